The molecule has 0 fully saturated rings. The maximum absolute atomic E-state index is 13.0. The van der Waals surface area contributed by atoms with Crippen LogP contribution in [0.2, 0.25) is 0 Å². The van der Waals surface area contributed by atoms with Gasteiger partial charge < -0.3 is 9.64 Å². The van der Waals surface area contributed by atoms with E-state index in [0.717, 1.165) is 33.1 Å². The van der Waals surface area contributed by atoms with Gasteiger partial charge in [-0.05, 0) is 43.5 Å². The van der Waals surface area contributed by atoms with Crippen LogP contribution < -0.4 is 4.74 Å². The van der Waals surface area contributed by atoms with Gasteiger partial charge in [0.05, 0.1) is 12.2 Å². The topological polar surface area (TPSA) is 42.4 Å². The molecule has 152 valence electrons. The van der Waals surface area contributed by atoms with Gasteiger partial charge in [0.15, 0.2) is 0 Å². The maximum atomic E-state index is 13.0. The minimum absolute atomic E-state index is 0.0458. The molecule has 1 heterocycles. The van der Waals surface area contributed by atoms with Crippen molar-refractivity contribution in [3.63, 3.8) is 0 Å². The highest BCUT2D eigenvalue weighted by Gasteiger charge is 2.18. The van der Waals surface area contributed by atoms with Crippen LogP contribution in [-0.4, -0.2) is 22.3 Å². The highest BCUT2D eigenvalue weighted by atomic mass is 32.1. The van der Waals surface area contributed by atoms with Crippen LogP contribution in [-0.2, 0) is 13.2 Å². The van der Waals surface area contributed by atoms with Gasteiger partial charge in [-0.15, -0.1) is 11.3 Å². The molecule has 4 nitrogen and oxygen atoms in total. The zero-order valence-corrected chi connectivity index (χ0v) is 18.3. The van der Waals surface area contributed by atoms with Crippen molar-refractivity contribution in [3.8, 4) is 5.75 Å². The summed E-state index contributed by atoms with van der Waals surface area (Å²) in [7, 11) is 0. The van der Waals surface area contributed by atoms with E-state index in [1.165, 1.54) is 0 Å². The molecular formula is C24H28N2O2S. The van der Waals surface area contributed by atoms with Gasteiger partial charge in [-0.25, -0.2) is 4.98 Å². The number of benzene rings is 2. The van der Waals surface area contributed by atoms with Crippen LogP contribution in [0.4, 0.5) is 0 Å². The first-order chi connectivity index (χ1) is 13.9. The van der Waals surface area contributed by atoms with Crippen molar-refractivity contribution in [2.75, 3.05) is 6.54 Å². The lowest BCUT2D eigenvalue weighted by Gasteiger charge is -2.24. The van der Waals surface area contributed by atoms with Gasteiger partial charge in [0.1, 0.15) is 17.4 Å². The lowest BCUT2D eigenvalue weighted by atomic mass is 10.1. The molecule has 0 unspecified atom stereocenters. The predicted octanol–water partition coefficient (Wildman–Crippen LogP) is 5.64. The largest absolute Gasteiger partial charge is 0.486 e. The van der Waals surface area contributed by atoms with E-state index in [0.29, 0.717) is 25.6 Å². The van der Waals surface area contributed by atoms with Gasteiger partial charge >= 0.3 is 0 Å². The van der Waals surface area contributed by atoms with Crippen molar-refractivity contribution in [3.05, 3.63) is 81.3 Å². The molecule has 0 bridgehead atoms. The Balaban J connectivity index is 1.67. The summed E-state index contributed by atoms with van der Waals surface area (Å²) in [5.41, 5.74) is 3.87. The van der Waals surface area contributed by atoms with Crippen molar-refractivity contribution in [2.24, 2.45) is 5.92 Å². The normalized spacial score (nSPS) is 10.9. The molecule has 2 aromatic carbocycles. The second-order valence-electron chi connectivity index (χ2n) is 7.73. The Labute approximate surface area is 177 Å². The van der Waals surface area contributed by atoms with E-state index in [1.807, 2.05) is 72.7 Å². The van der Waals surface area contributed by atoms with Gasteiger partial charge in [0.2, 0.25) is 0 Å². The van der Waals surface area contributed by atoms with Gasteiger partial charge in [0.25, 0.3) is 5.91 Å². The third kappa shape index (κ3) is 5.91. The number of carbonyl (C=O) groups is 1. The zero-order chi connectivity index (χ0) is 20.8. The number of hydrogen-bond acceptors (Lipinski definition) is 4. The number of hydrogen-bond donors (Lipinski definition) is 0. The van der Waals surface area contributed by atoms with Crippen molar-refractivity contribution >= 4 is 17.2 Å². The minimum Gasteiger partial charge on any atom is -0.486 e. The molecule has 0 aliphatic heterocycles. The molecule has 0 N–H and O–H groups in total. The van der Waals surface area contributed by atoms with Crippen molar-refractivity contribution in [1.29, 1.82) is 0 Å². The van der Waals surface area contributed by atoms with Crippen LogP contribution in [0.1, 0.15) is 46.0 Å². The molecule has 3 aromatic rings. The number of carbonyl (C=O) groups excluding carboxylic acids is 1. The van der Waals surface area contributed by atoms with E-state index in [1.54, 1.807) is 11.3 Å². The minimum atomic E-state index is 0.0458. The fraction of sp³-hybridized carbons (Fsp3) is 0.333. The quantitative estimate of drug-likeness (QED) is 0.484. The zero-order valence-electron chi connectivity index (χ0n) is 17.5. The van der Waals surface area contributed by atoms with Crippen LogP contribution in [0.3, 0.4) is 0 Å². The third-order valence-electron chi connectivity index (χ3n) is 4.57. The van der Waals surface area contributed by atoms with Gasteiger partial charge in [-0.2, -0.15) is 0 Å². The monoisotopic (exact) mass is 408 g/mol. The predicted molar refractivity (Wildman–Crippen MR) is 118 cm³/mol. The van der Waals surface area contributed by atoms with Crippen LogP contribution in [0.15, 0.2) is 53.9 Å². The van der Waals surface area contributed by atoms with Crippen LogP contribution in [0, 0.1) is 19.8 Å². The molecule has 29 heavy (non-hydrogen) atoms. The summed E-state index contributed by atoms with van der Waals surface area (Å²) in [5.74, 6) is 1.30. The Morgan fingerprint density at radius 3 is 2.52 bits per heavy atom. The van der Waals surface area contributed by atoms with Crippen LogP contribution in [0.25, 0.3) is 0 Å². The number of aromatic nitrogens is 1. The first-order valence-electron chi connectivity index (χ1n) is 9.90. The maximum Gasteiger partial charge on any atom is 0.254 e. The molecule has 0 aliphatic carbocycles. The van der Waals surface area contributed by atoms with E-state index in [4.69, 9.17) is 9.72 Å². The molecule has 5 heteroatoms. The van der Waals surface area contributed by atoms with Gasteiger partial charge in [-0.3, -0.25) is 4.79 Å². The highest BCUT2D eigenvalue weighted by molar-refractivity contribution is 7.09. The SMILES string of the molecule is Cc1ccc(C(=O)N(Cc2csc(COc3ccccc3C)n2)CC(C)C)cc1. The van der Waals surface area contributed by atoms with E-state index >= 15 is 0 Å². The van der Waals surface area contributed by atoms with Crippen molar-refractivity contribution in [1.82, 2.24) is 9.88 Å². The van der Waals surface area contributed by atoms with Crippen LogP contribution >= 0.6 is 11.3 Å². The second-order valence-corrected chi connectivity index (χ2v) is 8.67. The van der Waals surface area contributed by atoms with Crippen molar-refractivity contribution in [2.45, 2.75) is 40.8 Å². The molecule has 0 aliphatic rings. The first-order valence-corrected chi connectivity index (χ1v) is 10.8. The molecule has 0 radical (unpaired) electrons. The van der Waals surface area contributed by atoms with E-state index < -0.39 is 0 Å². The summed E-state index contributed by atoms with van der Waals surface area (Å²) in [6.45, 7) is 9.94. The highest BCUT2D eigenvalue weighted by Crippen LogP contribution is 2.20. The van der Waals surface area contributed by atoms with Crippen molar-refractivity contribution < 1.29 is 9.53 Å². The fourth-order valence-corrected chi connectivity index (χ4v) is 3.78. The summed E-state index contributed by atoms with van der Waals surface area (Å²) in [4.78, 5) is 19.6. The number of rotatable bonds is 8. The summed E-state index contributed by atoms with van der Waals surface area (Å²) >= 11 is 1.57. The second kappa shape index (κ2) is 9.70. The Bertz CT molecular complexity index is 948. The average molecular weight is 409 g/mol. The number of amides is 1. The van der Waals surface area contributed by atoms with Gasteiger partial charge in [0, 0.05) is 17.5 Å². The Hall–Kier alpha value is -2.66. The summed E-state index contributed by atoms with van der Waals surface area (Å²) in [6, 6.07) is 15.7. The Morgan fingerprint density at radius 2 is 1.83 bits per heavy atom. The number of thiazole rings is 1. The number of aryl methyl sites for hydroxylation is 2. The average Bonchev–Trinajstić information content (AvgIpc) is 3.14. The first kappa shape index (κ1) is 21.1. The molecule has 1 amide bonds. The molecule has 0 saturated carbocycles. The van der Waals surface area contributed by atoms with Gasteiger partial charge in [-0.1, -0.05) is 49.7 Å². The number of nitrogens with zero attached hydrogens (tertiary/aromatic N) is 2. The molecule has 1 aromatic heterocycles. The summed E-state index contributed by atoms with van der Waals surface area (Å²) in [5, 5.41) is 2.93. The third-order valence-corrected chi connectivity index (χ3v) is 5.44. The lowest BCUT2D eigenvalue weighted by Crippen LogP contribution is -2.33. The molecule has 3 rings (SSSR count). The number of para-hydroxylation sites is 1. The molecule has 0 saturated heterocycles. The van der Waals surface area contributed by atoms with E-state index in [2.05, 4.69) is 13.8 Å². The summed E-state index contributed by atoms with van der Waals surface area (Å²) in [6.07, 6.45) is 0. The van der Waals surface area contributed by atoms with E-state index in [9.17, 15) is 4.79 Å². The standard InChI is InChI=1S/C24H28N2O2S/c1-17(2)13-26(24(27)20-11-9-18(3)10-12-20)14-21-16-29-23(25-21)15-28-22-8-6-5-7-19(22)4/h5-12,16-17H,13-15H2,1-4H3. The Morgan fingerprint density at radius 1 is 1.10 bits per heavy atom. The summed E-state index contributed by atoms with van der Waals surface area (Å²) < 4.78 is 5.90. The Kier molecular flexibility index (Phi) is 7.04. The molecular weight excluding hydrogens is 380 g/mol. The van der Waals surface area contributed by atoms with Crippen LogP contribution in [0.5, 0.6) is 5.75 Å². The smallest absolute Gasteiger partial charge is 0.254 e. The molecule has 0 spiro atoms. The van der Waals surface area contributed by atoms with E-state index in [-0.39, 0.29) is 5.91 Å². The lowest BCUT2D eigenvalue weighted by molar-refractivity contribution is 0.0720. The molecule has 0 atom stereocenters. The fourth-order valence-electron chi connectivity index (χ4n) is 3.08. The number of ether oxygens (including phenoxy) is 1.